The second kappa shape index (κ2) is 11.3. The molecule has 2 aromatic heterocycles. The molecule has 2 rings (SSSR count). The Kier molecular flexibility index (Phi) is 9.86. The maximum absolute atomic E-state index is 2.22. The molecule has 0 unspecified atom stereocenters. The van der Waals surface area contributed by atoms with Gasteiger partial charge in [0.15, 0.2) is 0 Å². The first-order chi connectivity index (χ1) is 9.36. The van der Waals surface area contributed by atoms with Crippen LogP contribution in [0.15, 0.2) is 39.7 Å². The minimum atomic E-state index is 1.12. The standard InChI is InChI=1S/C8H12S2.C8H10S/c1-2-4-9-6-8-3-5-10-7-8;1-2-3-4-8-5-6-9-7-8/h3,5,7H,2,4,6H2,1H3;3-7H,2H2,1H3/b;4-3+. The SMILES string of the molecule is CC/C=C/c1ccsc1.CCCSCc1ccsc1. The first kappa shape index (κ1) is 16.5. The third-order valence-corrected chi connectivity index (χ3v) is 4.95. The minimum Gasteiger partial charge on any atom is -0.157 e. The molecule has 0 bridgehead atoms. The lowest BCUT2D eigenvalue weighted by Gasteiger charge is -1.94. The van der Waals surface area contributed by atoms with Crippen LogP contribution in [-0.2, 0) is 5.75 Å². The molecule has 0 amide bonds. The zero-order valence-electron chi connectivity index (χ0n) is 11.7. The van der Waals surface area contributed by atoms with Crippen LogP contribution >= 0.6 is 34.4 Å². The summed E-state index contributed by atoms with van der Waals surface area (Å²) in [7, 11) is 0. The lowest BCUT2D eigenvalue weighted by molar-refractivity contribution is 1.10. The van der Waals surface area contributed by atoms with E-state index in [1.54, 1.807) is 22.7 Å². The van der Waals surface area contributed by atoms with E-state index < -0.39 is 0 Å². The second-order valence-corrected chi connectivity index (χ2v) is 6.72. The molecule has 0 radical (unpaired) electrons. The molecule has 0 aliphatic carbocycles. The molecule has 2 aromatic rings. The Labute approximate surface area is 129 Å². The van der Waals surface area contributed by atoms with Crippen molar-refractivity contribution in [3.8, 4) is 0 Å². The largest absolute Gasteiger partial charge is 0.157 e. The van der Waals surface area contributed by atoms with Crippen molar-refractivity contribution in [2.75, 3.05) is 5.75 Å². The molecule has 0 spiro atoms. The van der Waals surface area contributed by atoms with Crippen LogP contribution in [0.3, 0.4) is 0 Å². The van der Waals surface area contributed by atoms with Gasteiger partial charge in [0.2, 0.25) is 0 Å². The van der Waals surface area contributed by atoms with Gasteiger partial charge >= 0.3 is 0 Å². The van der Waals surface area contributed by atoms with Gasteiger partial charge in [-0.25, -0.2) is 0 Å². The average Bonchev–Trinajstić information content (AvgIpc) is 3.11. The zero-order valence-corrected chi connectivity index (χ0v) is 14.1. The predicted octanol–water partition coefficient (Wildman–Crippen LogP) is 6.56. The van der Waals surface area contributed by atoms with Gasteiger partial charge in [0.25, 0.3) is 0 Å². The van der Waals surface area contributed by atoms with Crippen molar-refractivity contribution in [2.45, 2.75) is 32.4 Å². The zero-order chi connectivity index (χ0) is 13.8. The van der Waals surface area contributed by atoms with Gasteiger partial charge in [0.05, 0.1) is 0 Å². The Bertz CT molecular complexity index is 413. The van der Waals surface area contributed by atoms with Crippen molar-refractivity contribution in [1.29, 1.82) is 0 Å². The summed E-state index contributed by atoms with van der Waals surface area (Å²) in [6.07, 6.45) is 6.73. The van der Waals surface area contributed by atoms with E-state index in [0.717, 1.165) is 6.42 Å². The molecule has 3 heteroatoms. The van der Waals surface area contributed by atoms with Gasteiger partial charge < -0.3 is 0 Å². The van der Waals surface area contributed by atoms with Crippen molar-refractivity contribution < 1.29 is 0 Å². The van der Waals surface area contributed by atoms with Crippen LogP contribution in [0.2, 0.25) is 0 Å². The molecule has 0 N–H and O–H groups in total. The minimum absolute atomic E-state index is 1.12. The lowest BCUT2D eigenvalue weighted by Crippen LogP contribution is -1.76. The number of thioether (sulfide) groups is 1. The number of hydrogen-bond donors (Lipinski definition) is 0. The van der Waals surface area contributed by atoms with E-state index in [1.807, 2.05) is 11.8 Å². The molecule has 0 atom stereocenters. The van der Waals surface area contributed by atoms with Crippen LogP contribution < -0.4 is 0 Å². The van der Waals surface area contributed by atoms with E-state index >= 15 is 0 Å². The van der Waals surface area contributed by atoms with E-state index in [9.17, 15) is 0 Å². The Hall–Kier alpha value is -0.510. The molecule has 19 heavy (non-hydrogen) atoms. The molecule has 2 heterocycles. The highest BCUT2D eigenvalue weighted by molar-refractivity contribution is 7.98. The first-order valence-electron chi connectivity index (χ1n) is 6.64. The van der Waals surface area contributed by atoms with Crippen molar-refractivity contribution in [2.24, 2.45) is 0 Å². The summed E-state index contributed by atoms with van der Waals surface area (Å²) in [5.41, 5.74) is 2.80. The molecule has 0 saturated heterocycles. The van der Waals surface area contributed by atoms with E-state index in [1.165, 1.54) is 29.1 Å². The molecule has 0 saturated carbocycles. The highest BCUT2D eigenvalue weighted by Crippen LogP contribution is 2.15. The number of allylic oxidation sites excluding steroid dienone is 1. The van der Waals surface area contributed by atoms with Gasteiger partial charge in [0, 0.05) is 5.75 Å². The topological polar surface area (TPSA) is 0 Å². The maximum Gasteiger partial charge on any atom is 0.0192 e. The lowest BCUT2D eigenvalue weighted by atomic mass is 10.3. The molecular weight excluding hydrogens is 288 g/mol. The maximum atomic E-state index is 2.22. The fourth-order valence-electron chi connectivity index (χ4n) is 1.33. The van der Waals surface area contributed by atoms with Crippen molar-refractivity contribution >= 4 is 40.5 Å². The average molecular weight is 311 g/mol. The highest BCUT2D eigenvalue weighted by atomic mass is 32.2. The van der Waals surface area contributed by atoms with E-state index in [4.69, 9.17) is 0 Å². The van der Waals surface area contributed by atoms with Gasteiger partial charge in [-0.15, -0.1) is 0 Å². The molecule has 0 nitrogen and oxygen atoms in total. The summed E-state index contributed by atoms with van der Waals surface area (Å²) in [5, 5.41) is 8.60. The molecule has 0 aliphatic heterocycles. The van der Waals surface area contributed by atoms with E-state index in [2.05, 4.69) is 59.7 Å². The third kappa shape index (κ3) is 8.30. The van der Waals surface area contributed by atoms with E-state index in [-0.39, 0.29) is 0 Å². The summed E-state index contributed by atoms with van der Waals surface area (Å²) in [5.74, 6) is 2.48. The van der Waals surface area contributed by atoms with Gasteiger partial charge in [-0.3, -0.25) is 0 Å². The van der Waals surface area contributed by atoms with Crippen molar-refractivity contribution in [3.63, 3.8) is 0 Å². The summed E-state index contributed by atoms with van der Waals surface area (Å²) in [4.78, 5) is 0. The smallest absolute Gasteiger partial charge is 0.0192 e. The Morgan fingerprint density at radius 1 is 1.11 bits per heavy atom. The van der Waals surface area contributed by atoms with Crippen LogP contribution in [0.25, 0.3) is 6.08 Å². The number of rotatable bonds is 6. The predicted molar refractivity (Wildman–Crippen MR) is 94.4 cm³/mol. The van der Waals surface area contributed by atoms with Crippen LogP contribution in [-0.4, -0.2) is 5.75 Å². The summed E-state index contributed by atoms with van der Waals surface area (Å²) >= 11 is 5.54. The van der Waals surface area contributed by atoms with E-state index in [0.29, 0.717) is 0 Å². The summed E-state index contributed by atoms with van der Waals surface area (Å²) in [6.45, 7) is 4.36. The third-order valence-electron chi connectivity index (χ3n) is 2.29. The Balaban J connectivity index is 0.000000191. The first-order valence-corrected chi connectivity index (χ1v) is 9.68. The molecule has 104 valence electrons. The summed E-state index contributed by atoms with van der Waals surface area (Å²) in [6, 6.07) is 4.32. The van der Waals surface area contributed by atoms with Crippen molar-refractivity contribution in [1.82, 2.24) is 0 Å². The van der Waals surface area contributed by atoms with Gasteiger partial charge in [-0.1, -0.05) is 26.0 Å². The van der Waals surface area contributed by atoms with Crippen LogP contribution in [0.1, 0.15) is 37.8 Å². The number of thiophene rings is 2. The van der Waals surface area contributed by atoms with Crippen LogP contribution in [0, 0.1) is 0 Å². The molecule has 0 fully saturated rings. The fraction of sp³-hybridized carbons (Fsp3) is 0.375. The fourth-order valence-corrected chi connectivity index (χ4v) is 3.58. The highest BCUT2D eigenvalue weighted by Gasteiger charge is 1.90. The number of hydrogen-bond acceptors (Lipinski definition) is 3. The Morgan fingerprint density at radius 3 is 2.47 bits per heavy atom. The summed E-state index contributed by atoms with van der Waals surface area (Å²) < 4.78 is 0. The van der Waals surface area contributed by atoms with Crippen LogP contribution in [0.4, 0.5) is 0 Å². The van der Waals surface area contributed by atoms with Gasteiger partial charge in [-0.05, 0) is 63.4 Å². The van der Waals surface area contributed by atoms with Gasteiger partial charge in [-0.2, -0.15) is 34.4 Å². The molecule has 0 aromatic carbocycles. The Morgan fingerprint density at radius 2 is 1.89 bits per heavy atom. The normalized spacial score (nSPS) is 10.4. The van der Waals surface area contributed by atoms with Crippen LogP contribution in [0.5, 0.6) is 0 Å². The van der Waals surface area contributed by atoms with Crippen molar-refractivity contribution in [3.05, 3.63) is 50.9 Å². The monoisotopic (exact) mass is 310 g/mol. The quantitative estimate of drug-likeness (QED) is 0.544. The molecular formula is C16H22S3. The molecule has 0 aliphatic rings. The van der Waals surface area contributed by atoms with Gasteiger partial charge in [0.1, 0.15) is 0 Å². The second-order valence-electron chi connectivity index (χ2n) is 4.05.